The van der Waals surface area contributed by atoms with Gasteiger partial charge in [0.15, 0.2) is 5.82 Å². The van der Waals surface area contributed by atoms with Gasteiger partial charge in [-0.2, -0.15) is 5.10 Å². The Morgan fingerprint density at radius 3 is 2.67 bits per heavy atom. The lowest BCUT2D eigenvalue weighted by molar-refractivity contribution is 0.0545. The maximum Gasteiger partial charge on any atom is 0.157 e. The van der Waals surface area contributed by atoms with Crippen molar-refractivity contribution in [2.45, 2.75) is 38.6 Å². The molecule has 2 saturated heterocycles. The summed E-state index contributed by atoms with van der Waals surface area (Å²) in [7, 11) is 1.97. The molecule has 2 unspecified atom stereocenters. The molecule has 3 aromatic heterocycles. The van der Waals surface area contributed by atoms with Crippen LogP contribution in [0.4, 0.5) is 5.82 Å². The summed E-state index contributed by atoms with van der Waals surface area (Å²) in [5.74, 6) is 3.39. The standard InChI is InChI=1S/C28H34N6OS/c1-17-22(3-4-25-24(17)16-33(2)32-25)26-27-23(7-10-36-27)28(31-30-26)29-21-11-19-14-34(15-20(19)12-21)13-18-5-8-35-9-6-18/h3-4,7,10,16,18-21H,5-6,8-9,11-15H2,1-2H3,(H,29,31)/t19-,20?,21?/m1/s1. The third-order valence-electron chi connectivity index (χ3n) is 8.74. The molecule has 5 heterocycles. The topological polar surface area (TPSA) is 68.1 Å². The first-order valence-electron chi connectivity index (χ1n) is 13.4. The normalized spacial score (nSPS) is 25.2. The lowest BCUT2D eigenvalue weighted by Crippen LogP contribution is -2.32. The molecule has 1 saturated carbocycles. The van der Waals surface area contributed by atoms with Crippen molar-refractivity contribution >= 4 is 38.1 Å². The number of benzene rings is 1. The highest BCUT2D eigenvalue weighted by molar-refractivity contribution is 7.17. The first-order valence-corrected chi connectivity index (χ1v) is 14.2. The Morgan fingerprint density at radius 2 is 1.86 bits per heavy atom. The fourth-order valence-corrected chi connectivity index (χ4v) is 7.81. The molecule has 0 bridgehead atoms. The Kier molecular flexibility index (Phi) is 5.71. The average Bonchev–Trinajstić information content (AvgIpc) is 3.64. The minimum Gasteiger partial charge on any atom is -0.381 e. The van der Waals surface area contributed by atoms with Crippen LogP contribution in [0.15, 0.2) is 29.8 Å². The van der Waals surface area contributed by atoms with E-state index in [1.807, 2.05) is 11.7 Å². The molecule has 3 atom stereocenters. The highest BCUT2D eigenvalue weighted by atomic mass is 32.1. The first-order chi connectivity index (χ1) is 17.6. The molecular formula is C28H34N6OS. The Balaban J connectivity index is 1.07. The lowest BCUT2D eigenvalue weighted by Gasteiger charge is -2.27. The number of hydrogen-bond acceptors (Lipinski definition) is 7. The van der Waals surface area contributed by atoms with Gasteiger partial charge in [-0.25, -0.2) is 0 Å². The van der Waals surface area contributed by atoms with Crippen LogP contribution in [-0.4, -0.2) is 63.8 Å². The van der Waals surface area contributed by atoms with Crippen molar-refractivity contribution in [3.05, 3.63) is 35.3 Å². The number of fused-ring (bicyclic) bond motifs is 3. The highest BCUT2D eigenvalue weighted by Crippen LogP contribution is 2.42. The number of nitrogens with one attached hydrogen (secondary N) is 1. The number of thiophene rings is 1. The van der Waals surface area contributed by atoms with E-state index in [0.29, 0.717) is 6.04 Å². The fraction of sp³-hybridized carbons (Fsp3) is 0.536. The molecule has 0 spiro atoms. The van der Waals surface area contributed by atoms with Crippen LogP contribution in [0.1, 0.15) is 31.2 Å². The van der Waals surface area contributed by atoms with Gasteiger partial charge in [-0.05, 0) is 73.4 Å². The Hall–Kier alpha value is -2.55. The molecule has 7 nitrogen and oxygen atoms in total. The molecular weight excluding hydrogens is 468 g/mol. The van der Waals surface area contributed by atoms with Crippen LogP contribution in [0.5, 0.6) is 0 Å². The second-order valence-electron chi connectivity index (χ2n) is 11.1. The van der Waals surface area contributed by atoms with Gasteiger partial charge in [-0.3, -0.25) is 4.68 Å². The summed E-state index contributed by atoms with van der Waals surface area (Å²) in [5.41, 5.74) is 4.34. The van der Waals surface area contributed by atoms with E-state index in [1.54, 1.807) is 11.3 Å². The molecule has 1 aromatic carbocycles. The van der Waals surface area contributed by atoms with Crippen molar-refractivity contribution in [3.63, 3.8) is 0 Å². The van der Waals surface area contributed by atoms with Gasteiger partial charge in [0.1, 0.15) is 5.69 Å². The summed E-state index contributed by atoms with van der Waals surface area (Å²) in [4.78, 5) is 2.73. The van der Waals surface area contributed by atoms with E-state index >= 15 is 0 Å². The van der Waals surface area contributed by atoms with Gasteiger partial charge in [0.05, 0.1) is 10.2 Å². The minimum atomic E-state index is 0.488. The largest absolute Gasteiger partial charge is 0.381 e. The monoisotopic (exact) mass is 502 g/mol. The van der Waals surface area contributed by atoms with Crippen LogP contribution in [-0.2, 0) is 11.8 Å². The quantitative estimate of drug-likeness (QED) is 0.409. The summed E-state index contributed by atoms with van der Waals surface area (Å²) >= 11 is 1.75. The molecule has 4 aromatic rings. The van der Waals surface area contributed by atoms with E-state index in [0.717, 1.165) is 53.6 Å². The molecule has 0 amide bonds. The summed E-state index contributed by atoms with van der Waals surface area (Å²) in [6.07, 6.45) is 7.03. The Bertz CT molecular complexity index is 1390. The van der Waals surface area contributed by atoms with E-state index < -0.39 is 0 Å². The number of aryl methyl sites for hydroxylation is 2. The van der Waals surface area contributed by atoms with Crippen LogP contribution < -0.4 is 5.32 Å². The van der Waals surface area contributed by atoms with E-state index in [9.17, 15) is 0 Å². The zero-order chi connectivity index (χ0) is 24.2. The number of hydrogen-bond donors (Lipinski definition) is 1. The summed E-state index contributed by atoms with van der Waals surface area (Å²) in [6.45, 7) is 7.84. The highest BCUT2D eigenvalue weighted by Gasteiger charge is 2.41. The Morgan fingerprint density at radius 1 is 1.06 bits per heavy atom. The second kappa shape index (κ2) is 9.08. The SMILES string of the molecule is Cc1c(-c2nnc(NC3CC4CN(CC5CCOCC5)C[C@H]4C3)c3ccsc23)ccc2nn(C)cc12. The zero-order valence-electron chi connectivity index (χ0n) is 21.1. The molecule has 3 fully saturated rings. The number of rotatable bonds is 5. The lowest BCUT2D eigenvalue weighted by atomic mass is 10.00. The molecule has 36 heavy (non-hydrogen) atoms. The van der Waals surface area contributed by atoms with Gasteiger partial charge >= 0.3 is 0 Å². The molecule has 1 aliphatic carbocycles. The predicted octanol–water partition coefficient (Wildman–Crippen LogP) is 5.10. The third-order valence-corrected chi connectivity index (χ3v) is 9.66. The van der Waals surface area contributed by atoms with E-state index in [4.69, 9.17) is 14.9 Å². The first kappa shape index (κ1) is 22.6. The van der Waals surface area contributed by atoms with Gasteiger partial charge in [0, 0.05) is 68.5 Å². The van der Waals surface area contributed by atoms with Crippen molar-refractivity contribution in [2.75, 3.05) is 38.2 Å². The summed E-state index contributed by atoms with van der Waals surface area (Å²) < 4.78 is 8.63. The van der Waals surface area contributed by atoms with Crippen molar-refractivity contribution in [1.29, 1.82) is 0 Å². The summed E-state index contributed by atoms with van der Waals surface area (Å²) in [6, 6.07) is 6.92. The van der Waals surface area contributed by atoms with Gasteiger partial charge < -0.3 is 15.0 Å². The molecule has 0 radical (unpaired) electrons. The number of nitrogens with zero attached hydrogens (tertiary/aromatic N) is 5. The van der Waals surface area contributed by atoms with E-state index in [2.05, 4.69) is 52.0 Å². The van der Waals surface area contributed by atoms with Crippen LogP contribution in [0.3, 0.4) is 0 Å². The second-order valence-corrected chi connectivity index (χ2v) is 12.1. The van der Waals surface area contributed by atoms with Gasteiger partial charge in [-0.1, -0.05) is 6.07 Å². The van der Waals surface area contributed by atoms with Crippen molar-refractivity contribution < 1.29 is 4.74 Å². The zero-order valence-corrected chi connectivity index (χ0v) is 21.9. The van der Waals surface area contributed by atoms with Gasteiger partial charge in [0.2, 0.25) is 0 Å². The van der Waals surface area contributed by atoms with Gasteiger partial charge in [-0.15, -0.1) is 21.5 Å². The predicted molar refractivity (Wildman–Crippen MR) is 145 cm³/mol. The number of anilines is 1. The maximum atomic E-state index is 5.55. The molecule has 3 aliphatic rings. The van der Waals surface area contributed by atoms with Crippen molar-refractivity contribution in [2.24, 2.45) is 24.8 Å². The van der Waals surface area contributed by atoms with Crippen molar-refractivity contribution in [3.8, 4) is 11.3 Å². The maximum absolute atomic E-state index is 5.55. The third kappa shape index (κ3) is 3.99. The summed E-state index contributed by atoms with van der Waals surface area (Å²) in [5, 5.41) is 22.4. The molecule has 1 N–H and O–H groups in total. The van der Waals surface area contributed by atoms with Crippen LogP contribution >= 0.6 is 11.3 Å². The number of ether oxygens (including phenoxy) is 1. The minimum absolute atomic E-state index is 0.488. The van der Waals surface area contributed by atoms with Crippen LogP contribution in [0.25, 0.3) is 32.2 Å². The van der Waals surface area contributed by atoms with Gasteiger partial charge in [0.25, 0.3) is 0 Å². The number of aromatic nitrogens is 4. The molecule has 2 aliphatic heterocycles. The van der Waals surface area contributed by atoms with Crippen molar-refractivity contribution in [1.82, 2.24) is 24.9 Å². The van der Waals surface area contributed by atoms with Crippen LogP contribution in [0.2, 0.25) is 0 Å². The number of likely N-dealkylation sites (tertiary alicyclic amines) is 1. The van der Waals surface area contributed by atoms with Crippen LogP contribution in [0, 0.1) is 24.7 Å². The fourth-order valence-electron chi connectivity index (χ4n) is 6.92. The Labute approximate surface area is 215 Å². The average molecular weight is 503 g/mol. The van der Waals surface area contributed by atoms with E-state index in [-0.39, 0.29) is 0 Å². The molecule has 8 heteroatoms. The smallest absolute Gasteiger partial charge is 0.157 e. The van der Waals surface area contributed by atoms with E-state index in [1.165, 1.54) is 66.4 Å². The molecule has 188 valence electrons. The molecule has 7 rings (SSSR count).